The van der Waals surface area contributed by atoms with Gasteiger partial charge in [0.15, 0.2) is 0 Å². The van der Waals surface area contributed by atoms with Gasteiger partial charge < -0.3 is 15.4 Å². The number of hydrogen-bond donors (Lipinski definition) is 2. The molecule has 1 aromatic carbocycles. The van der Waals surface area contributed by atoms with Gasteiger partial charge in [-0.15, -0.1) is 11.8 Å². The van der Waals surface area contributed by atoms with E-state index in [4.69, 9.17) is 16.3 Å². The van der Waals surface area contributed by atoms with Gasteiger partial charge in [0.2, 0.25) is 0 Å². The molecule has 5 nitrogen and oxygen atoms in total. The minimum absolute atomic E-state index is 0.286. The molecule has 0 radical (unpaired) electrons. The van der Waals surface area contributed by atoms with Gasteiger partial charge in [-0.25, -0.2) is 9.59 Å². The van der Waals surface area contributed by atoms with Crippen molar-refractivity contribution in [2.75, 3.05) is 12.4 Å². The van der Waals surface area contributed by atoms with Gasteiger partial charge in [0.05, 0.1) is 23.2 Å². The van der Waals surface area contributed by atoms with Gasteiger partial charge in [0.25, 0.3) is 0 Å². The van der Waals surface area contributed by atoms with Crippen LogP contribution in [0, 0.1) is 0 Å². The number of rotatable bonds is 5. The van der Waals surface area contributed by atoms with Crippen molar-refractivity contribution in [1.82, 2.24) is 10.6 Å². The summed E-state index contributed by atoms with van der Waals surface area (Å²) in [4.78, 5) is 24.6. The van der Waals surface area contributed by atoms with Gasteiger partial charge in [-0.05, 0) is 26.0 Å². The van der Waals surface area contributed by atoms with Gasteiger partial charge >= 0.3 is 12.0 Å². The summed E-state index contributed by atoms with van der Waals surface area (Å²) < 4.78 is 5.07. The largest absolute Gasteiger partial charge is 0.463 e. The quantitative estimate of drug-likeness (QED) is 0.639. The first-order valence-corrected chi connectivity index (χ1v) is 8.24. The molecule has 22 heavy (non-hydrogen) atoms. The molecule has 2 rings (SSSR count). The standard InChI is InChI=1S/C15H17ClN2O3S/c1-3-21-14(19)13-9(2)17-15(20)18-11(13)8-22-12-7-5-4-6-10(12)16/h4-7,9H,3,8H2,1-2H3,(H2,17,18,20). The van der Waals surface area contributed by atoms with E-state index in [0.29, 0.717) is 22.0 Å². The first kappa shape index (κ1) is 16.7. The fourth-order valence-electron chi connectivity index (χ4n) is 2.10. The van der Waals surface area contributed by atoms with E-state index in [2.05, 4.69) is 10.6 Å². The lowest BCUT2D eigenvalue weighted by molar-refractivity contribution is -0.138. The molecular weight excluding hydrogens is 324 g/mol. The van der Waals surface area contributed by atoms with E-state index >= 15 is 0 Å². The molecule has 118 valence electrons. The van der Waals surface area contributed by atoms with Crippen molar-refractivity contribution in [2.45, 2.75) is 24.8 Å². The molecule has 1 aromatic rings. The molecule has 1 aliphatic heterocycles. The van der Waals surface area contributed by atoms with Gasteiger partial charge in [-0.2, -0.15) is 0 Å². The van der Waals surface area contributed by atoms with Crippen molar-refractivity contribution in [3.8, 4) is 0 Å². The summed E-state index contributed by atoms with van der Waals surface area (Å²) in [5, 5.41) is 5.99. The highest BCUT2D eigenvalue weighted by Gasteiger charge is 2.29. The maximum absolute atomic E-state index is 12.1. The smallest absolute Gasteiger partial charge is 0.337 e. The van der Waals surface area contributed by atoms with E-state index in [1.165, 1.54) is 11.8 Å². The zero-order chi connectivity index (χ0) is 16.1. The molecule has 0 saturated heterocycles. The number of ether oxygens (including phenoxy) is 1. The zero-order valence-corrected chi connectivity index (χ0v) is 13.9. The Labute approximate surface area is 138 Å². The number of thioether (sulfide) groups is 1. The summed E-state index contributed by atoms with van der Waals surface area (Å²) >= 11 is 7.58. The van der Waals surface area contributed by atoms with Crippen molar-refractivity contribution in [3.05, 3.63) is 40.6 Å². The van der Waals surface area contributed by atoms with E-state index in [1.807, 2.05) is 18.2 Å². The monoisotopic (exact) mass is 340 g/mol. The molecule has 1 aliphatic rings. The highest BCUT2D eigenvalue weighted by atomic mass is 35.5. The molecule has 7 heteroatoms. The molecule has 0 bridgehead atoms. The Kier molecular flexibility index (Phi) is 5.74. The van der Waals surface area contributed by atoms with Crippen LogP contribution in [-0.4, -0.2) is 30.4 Å². The van der Waals surface area contributed by atoms with Gasteiger partial charge in [-0.3, -0.25) is 0 Å². The van der Waals surface area contributed by atoms with Crippen molar-refractivity contribution >= 4 is 35.4 Å². The van der Waals surface area contributed by atoms with Crippen LogP contribution in [0.4, 0.5) is 4.79 Å². The normalized spacial score (nSPS) is 17.8. The van der Waals surface area contributed by atoms with Crippen LogP contribution in [0.25, 0.3) is 0 Å². The molecule has 2 N–H and O–H groups in total. The average molecular weight is 341 g/mol. The van der Waals surface area contributed by atoms with E-state index in [9.17, 15) is 9.59 Å². The summed E-state index contributed by atoms with van der Waals surface area (Å²) in [5.41, 5.74) is 1.00. The summed E-state index contributed by atoms with van der Waals surface area (Å²) in [6.07, 6.45) is 0. The van der Waals surface area contributed by atoms with Crippen molar-refractivity contribution in [3.63, 3.8) is 0 Å². The minimum atomic E-state index is -0.419. The summed E-state index contributed by atoms with van der Waals surface area (Å²) in [6, 6.07) is 6.71. The maximum atomic E-state index is 12.1. The number of halogens is 1. The molecule has 0 aliphatic carbocycles. The first-order chi connectivity index (χ1) is 10.5. The van der Waals surface area contributed by atoms with Crippen molar-refractivity contribution < 1.29 is 14.3 Å². The lowest BCUT2D eigenvalue weighted by Crippen LogP contribution is -2.49. The van der Waals surface area contributed by atoms with Crippen molar-refractivity contribution in [1.29, 1.82) is 0 Å². The van der Waals surface area contributed by atoms with Crippen LogP contribution >= 0.6 is 23.4 Å². The molecule has 0 saturated carbocycles. The van der Waals surface area contributed by atoms with Gasteiger partial charge in [0, 0.05) is 16.3 Å². The molecule has 0 spiro atoms. The molecule has 1 atom stereocenters. The zero-order valence-electron chi connectivity index (χ0n) is 12.3. The minimum Gasteiger partial charge on any atom is -0.463 e. The van der Waals surface area contributed by atoms with Gasteiger partial charge in [-0.1, -0.05) is 23.7 Å². The number of esters is 1. The van der Waals surface area contributed by atoms with E-state index in [0.717, 1.165) is 4.90 Å². The van der Waals surface area contributed by atoms with E-state index < -0.39 is 12.0 Å². The highest BCUT2D eigenvalue weighted by molar-refractivity contribution is 7.99. The predicted molar refractivity (Wildman–Crippen MR) is 87.0 cm³/mol. The van der Waals surface area contributed by atoms with Crippen LogP contribution in [0.3, 0.4) is 0 Å². The number of amides is 2. The van der Waals surface area contributed by atoms with E-state index in [1.54, 1.807) is 19.9 Å². The van der Waals surface area contributed by atoms with Crippen LogP contribution in [0.2, 0.25) is 5.02 Å². The Morgan fingerprint density at radius 2 is 2.14 bits per heavy atom. The fourth-order valence-corrected chi connectivity index (χ4v) is 3.31. The number of carbonyl (C=O) groups is 2. The lowest BCUT2D eigenvalue weighted by Gasteiger charge is -2.26. The summed E-state index contributed by atoms with van der Waals surface area (Å²) in [5.74, 6) is 0.00703. The third-order valence-electron chi connectivity index (χ3n) is 3.07. The van der Waals surface area contributed by atoms with Crippen molar-refractivity contribution in [2.24, 2.45) is 0 Å². The lowest BCUT2D eigenvalue weighted by atomic mass is 10.1. The molecule has 2 amide bonds. The maximum Gasteiger partial charge on any atom is 0.337 e. The second-order valence-electron chi connectivity index (χ2n) is 4.65. The Morgan fingerprint density at radius 1 is 1.41 bits per heavy atom. The number of benzene rings is 1. The van der Waals surface area contributed by atoms with Crippen LogP contribution < -0.4 is 10.6 Å². The molecule has 0 aromatic heterocycles. The second-order valence-corrected chi connectivity index (χ2v) is 6.08. The topological polar surface area (TPSA) is 67.4 Å². The van der Waals surface area contributed by atoms with Crippen LogP contribution in [0.1, 0.15) is 13.8 Å². The van der Waals surface area contributed by atoms with Crippen LogP contribution in [0.15, 0.2) is 40.4 Å². The number of nitrogens with one attached hydrogen (secondary N) is 2. The van der Waals surface area contributed by atoms with Crippen LogP contribution in [0.5, 0.6) is 0 Å². The molecular formula is C15H17ClN2O3S. The Morgan fingerprint density at radius 3 is 2.82 bits per heavy atom. The SMILES string of the molecule is CCOC(=O)C1=C(CSc2ccccc2Cl)NC(=O)NC1C. The Hall–Kier alpha value is -1.66. The van der Waals surface area contributed by atoms with E-state index in [-0.39, 0.29) is 12.6 Å². The Balaban J connectivity index is 2.22. The number of hydrogen-bond acceptors (Lipinski definition) is 4. The summed E-state index contributed by atoms with van der Waals surface area (Å²) in [6.45, 7) is 3.79. The molecule has 0 fully saturated rings. The molecule has 1 unspecified atom stereocenters. The third kappa shape index (κ3) is 3.96. The Bertz CT molecular complexity index is 619. The predicted octanol–water partition coefficient (Wildman–Crippen LogP) is 2.95. The second kappa shape index (κ2) is 7.56. The highest BCUT2D eigenvalue weighted by Crippen LogP contribution is 2.29. The van der Waals surface area contributed by atoms with Gasteiger partial charge in [0.1, 0.15) is 0 Å². The summed E-state index contributed by atoms with van der Waals surface area (Å²) in [7, 11) is 0. The number of carbonyl (C=O) groups excluding carboxylic acids is 2. The van der Waals surface area contributed by atoms with Crippen LogP contribution in [-0.2, 0) is 9.53 Å². The average Bonchev–Trinajstić information content (AvgIpc) is 2.46. The molecule has 1 heterocycles. The third-order valence-corrected chi connectivity index (χ3v) is 4.62. The number of urea groups is 1. The first-order valence-electron chi connectivity index (χ1n) is 6.88. The fraction of sp³-hybridized carbons (Fsp3) is 0.333.